The van der Waals surface area contributed by atoms with Crippen molar-refractivity contribution in [2.75, 3.05) is 6.61 Å². The van der Waals surface area contributed by atoms with E-state index in [1.807, 2.05) is 55.5 Å². The summed E-state index contributed by atoms with van der Waals surface area (Å²) in [5.41, 5.74) is 0.910. The number of carbonyl (C=O) groups is 2. The van der Waals surface area contributed by atoms with Crippen molar-refractivity contribution in [1.82, 2.24) is 10.6 Å². The molecule has 0 fully saturated rings. The molecule has 2 aromatic carbocycles. The molecule has 2 N–H and O–H groups in total. The third-order valence-electron chi connectivity index (χ3n) is 4.15. The van der Waals surface area contributed by atoms with Gasteiger partial charge in [-0.2, -0.15) is 5.26 Å². The van der Waals surface area contributed by atoms with E-state index >= 15 is 0 Å². The molecule has 27 heavy (non-hydrogen) atoms. The van der Waals surface area contributed by atoms with Gasteiger partial charge in [0.25, 0.3) is 0 Å². The minimum absolute atomic E-state index is 0.303. The van der Waals surface area contributed by atoms with Gasteiger partial charge >= 0.3 is 6.09 Å². The van der Waals surface area contributed by atoms with Crippen molar-refractivity contribution in [3.05, 3.63) is 48.0 Å². The van der Waals surface area contributed by atoms with Gasteiger partial charge in [-0.25, -0.2) is 4.79 Å². The van der Waals surface area contributed by atoms with Crippen LogP contribution in [0, 0.1) is 11.3 Å². The van der Waals surface area contributed by atoms with E-state index in [1.165, 1.54) is 0 Å². The number of alkyl carbamates (subject to hydrolysis) is 1. The highest BCUT2D eigenvalue weighted by atomic mass is 16.5. The molecule has 0 radical (unpaired) electrons. The molecule has 2 unspecified atom stereocenters. The van der Waals surface area contributed by atoms with Gasteiger partial charge in [-0.3, -0.25) is 4.79 Å². The molecular formula is C21H25N3O3. The molecule has 142 valence electrons. The molecular weight excluding hydrogens is 342 g/mol. The van der Waals surface area contributed by atoms with Crippen LogP contribution < -0.4 is 10.6 Å². The minimum atomic E-state index is -0.823. The maximum absolute atomic E-state index is 12.5. The normalized spacial score (nSPS) is 12.6. The smallest absolute Gasteiger partial charge is 0.407 e. The molecule has 0 spiro atoms. The maximum Gasteiger partial charge on any atom is 0.407 e. The van der Waals surface area contributed by atoms with Gasteiger partial charge in [-0.1, -0.05) is 55.8 Å². The Hall–Kier alpha value is -3.07. The monoisotopic (exact) mass is 367 g/mol. The van der Waals surface area contributed by atoms with Gasteiger partial charge in [0.15, 0.2) is 0 Å². The van der Waals surface area contributed by atoms with E-state index in [1.54, 1.807) is 6.92 Å². The van der Waals surface area contributed by atoms with Crippen LogP contribution in [0.15, 0.2) is 42.5 Å². The van der Waals surface area contributed by atoms with E-state index in [-0.39, 0.29) is 0 Å². The zero-order chi connectivity index (χ0) is 19.6. The van der Waals surface area contributed by atoms with Crippen LogP contribution in [0.4, 0.5) is 4.79 Å². The summed E-state index contributed by atoms with van der Waals surface area (Å²) in [6.07, 6.45) is 1.35. The summed E-state index contributed by atoms with van der Waals surface area (Å²) in [5.74, 6) is -0.412. The van der Waals surface area contributed by atoms with E-state index in [9.17, 15) is 9.59 Å². The fourth-order valence-electron chi connectivity index (χ4n) is 2.65. The van der Waals surface area contributed by atoms with Gasteiger partial charge in [0.05, 0.1) is 12.7 Å². The number of benzene rings is 2. The molecule has 0 aliphatic heterocycles. The first-order chi connectivity index (χ1) is 13.0. The molecule has 6 heteroatoms. The lowest BCUT2D eigenvalue weighted by Crippen LogP contribution is -2.50. The number of nitriles is 1. The summed E-state index contributed by atoms with van der Waals surface area (Å²) >= 11 is 0. The third kappa shape index (κ3) is 6.30. The van der Waals surface area contributed by atoms with Crippen molar-refractivity contribution >= 4 is 22.8 Å². The Morgan fingerprint density at radius 3 is 2.59 bits per heavy atom. The number of carbonyl (C=O) groups excluding carboxylic acids is 2. The number of hydrogen-bond acceptors (Lipinski definition) is 4. The molecule has 2 amide bonds. The van der Waals surface area contributed by atoms with Crippen LogP contribution in [0.5, 0.6) is 0 Å². The lowest BCUT2D eigenvalue weighted by molar-refractivity contribution is -0.123. The first kappa shape index (κ1) is 20.2. The Morgan fingerprint density at radius 2 is 1.89 bits per heavy atom. The van der Waals surface area contributed by atoms with Gasteiger partial charge in [-0.15, -0.1) is 0 Å². The number of fused-ring (bicyclic) bond motifs is 1. The highest BCUT2D eigenvalue weighted by molar-refractivity contribution is 5.87. The van der Waals surface area contributed by atoms with E-state index in [2.05, 4.69) is 10.6 Å². The number of nitrogens with one attached hydrogen (secondary N) is 2. The average Bonchev–Trinajstić information content (AvgIpc) is 2.67. The molecule has 2 aromatic rings. The van der Waals surface area contributed by atoms with E-state index in [0.717, 1.165) is 29.2 Å². The summed E-state index contributed by atoms with van der Waals surface area (Å²) in [4.78, 5) is 24.5. The van der Waals surface area contributed by atoms with E-state index < -0.39 is 24.1 Å². The zero-order valence-corrected chi connectivity index (χ0v) is 15.7. The predicted octanol–water partition coefficient (Wildman–Crippen LogP) is 3.31. The van der Waals surface area contributed by atoms with Crippen molar-refractivity contribution in [3.8, 4) is 6.07 Å². The molecule has 0 saturated carbocycles. The molecule has 0 aliphatic rings. The SMILES string of the molecule is CCCCOC(=O)NC(Cc1ccc2ccccc2c1)C(=O)NC(C)C#N. The predicted molar refractivity (Wildman–Crippen MR) is 104 cm³/mol. The Morgan fingerprint density at radius 1 is 1.15 bits per heavy atom. The Labute approximate surface area is 159 Å². The average molecular weight is 367 g/mol. The second-order valence-electron chi connectivity index (χ2n) is 6.43. The van der Waals surface area contributed by atoms with Gasteiger partial charge in [0.2, 0.25) is 5.91 Å². The molecule has 6 nitrogen and oxygen atoms in total. The van der Waals surface area contributed by atoms with Crippen LogP contribution in [0.25, 0.3) is 10.8 Å². The first-order valence-electron chi connectivity index (χ1n) is 9.14. The van der Waals surface area contributed by atoms with Crippen LogP contribution in [0.2, 0.25) is 0 Å². The molecule has 0 aromatic heterocycles. The van der Waals surface area contributed by atoms with Crippen molar-refractivity contribution < 1.29 is 14.3 Å². The second-order valence-corrected chi connectivity index (χ2v) is 6.43. The molecule has 0 aliphatic carbocycles. The van der Waals surface area contributed by atoms with Crippen molar-refractivity contribution in [2.24, 2.45) is 0 Å². The fraction of sp³-hybridized carbons (Fsp3) is 0.381. The zero-order valence-electron chi connectivity index (χ0n) is 15.7. The maximum atomic E-state index is 12.5. The Kier molecular flexibility index (Phi) is 7.63. The van der Waals surface area contributed by atoms with Crippen molar-refractivity contribution in [2.45, 2.75) is 45.2 Å². The summed E-state index contributed by atoms with van der Waals surface area (Å²) < 4.78 is 5.11. The largest absolute Gasteiger partial charge is 0.450 e. The van der Waals surface area contributed by atoms with Crippen LogP contribution in [0.3, 0.4) is 0 Å². The van der Waals surface area contributed by atoms with Gasteiger partial charge < -0.3 is 15.4 Å². The number of nitrogens with zero attached hydrogens (tertiary/aromatic N) is 1. The molecule has 0 saturated heterocycles. The summed E-state index contributed by atoms with van der Waals surface area (Å²) in [6, 6.07) is 14.3. The highest BCUT2D eigenvalue weighted by Crippen LogP contribution is 2.17. The number of rotatable bonds is 8. The van der Waals surface area contributed by atoms with Crippen LogP contribution >= 0.6 is 0 Å². The van der Waals surface area contributed by atoms with Crippen molar-refractivity contribution in [1.29, 1.82) is 5.26 Å². The number of amides is 2. The highest BCUT2D eigenvalue weighted by Gasteiger charge is 2.23. The quantitative estimate of drug-likeness (QED) is 0.700. The number of unbranched alkanes of at least 4 members (excludes halogenated alkanes) is 1. The van der Waals surface area contributed by atoms with Gasteiger partial charge in [-0.05, 0) is 29.7 Å². The van der Waals surface area contributed by atoms with Gasteiger partial charge in [0.1, 0.15) is 12.1 Å². The summed E-state index contributed by atoms with van der Waals surface area (Å²) in [5, 5.41) is 16.3. The summed E-state index contributed by atoms with van der Waals surface area (Å²) in [7, 11) is 0. The molecule has 0 heterocycles. The molecule has 2 atom stereocenters. The molecule has 2 rings (SSSR count). The van der Waals surface area contributed by atoms with E-state index in [0.29, 0.717) is 13.0 Å². The summed E-state index contributed by atoms with van der Waals surface area (Å²) in [6.45, 7) is 3.90. The Bertz CT molecular complexity index is 829. The third-order valence-corrected chi connectivity index (χ3v) is 4.15. The second kappa shape index (κ2) is 10.2. The minimum Gasteiger partial charge on any atom is -0.450 e. The number of ether oxygens (including phenoxy) is 1. The van der Waals surface area contributed by atoms with Crippen LogP contribution in [-0.2, 0) is 16.0 Å². The van der Waals surface area contributed by atoms with Crippen molar-refractivity contribution in [3.63, 3.8) is 0 Å². The lowest BCUT2D eigenvalue weighted by Gasteiger charge is -2.19. The topological polar surface area (TPSA) is 91.2 Å². The van der Waals surface area contributed by atoms with Crippen LogP contribution in [-0.4, -0.2) is 30.7 Å². The molecule has 0 bridgehead atoms. The number of hydrogen-bond donors (Lipinski definition) is 2. The van der Waals surface area contributed by atoms with Crippen LogP contribution in [0.1, 0.15) is 32.3 Å². The van der Waals surface area contributed by atoms with Gasteiger partial charge in [0, 0.05) is 6.42 Å². The standard InChI is InChI=1S/C21H25N3O3/c1-3-4-11-27-21(26)24-19(20(25)23-15(2)14-22)13-16-9-10-17-7-5-6-8-18(17)12-16/h5-10,12,15,19H,3-4,11,13H2,1-2H3,(H,23,25)(H,24,26). The Balaban J connectivity index is 2.13. The first-order valence-corrected chi connectivity index (χ1v) is 9.14. The fourth-order valence-corrected chi connectivity index (χ4v) is 2.65. The lowest BCUT2D eigenvalue weighted by atomic mass is 10.0. The van der Waals surface area contributed by atoms with E-state index in [4.69, 9.17) is 10.00 Å².